The highest BCUT2D eigenvalue weighted by Crippen LogP contribution is 2.42. The number of fused-ring (bicyclic) bond motifs is 1. The van der Waals surface area contributed by atoms with Crippen LogP contribution >= 0.6 is 11.8 Å². The largest absolute Gasteiger partial charge is 0.311 e. The van der Waals surface area contributed by atoms with E-state index in [0.29, 0.717) is 16.5 Å². The van der Waals surface area contributed by atoms with Crippen molar-refractivity contribution < 1.29 is 9.18 Å². The van der Waals surface area contributed by atoms with Crippen LogP contribution in [0.25, 0.3) is 11.4 Å². The fourth-order valence-corrected chi connectivity index (χ4v) is 5.02. The second-order valence-electron chi connectivity index (χ2n) is 7.87. The zero-order chi connectivity index (χ0) is 20.7. The minimum absolute atomic E-state index is 0.0740. The van der Waals surface area contributed by atoms with Crippen molar-refractivity contribution in [1.82, 2.24) is 14.8 Å². The Hall–Kier alpha value is -2.67. The Bertz CT molecular complexity index is 1090. The Morgan fingerprint density at radius 3 is 2.70 bits per heavy atom. The third kappa shape index (κ3) is 3.51. The molecular weight excluding hydrogens is 399 g/mol. The first-order valence-electron chi connectivity index (χ1n) is 10.4. The fraction of sp³-hybridized carbons (Fsp3) is 0.348. The molecule has 0 radical (unpaired) electrons. The molecule has 1 aliphatic carbocycles. The zero-order valence-electron chi connectivity index (χ0n) is 16.8. The molecule has 1 unspecified atom stereocenters. The van der Waals surface area contributed by atoms with Crippen LogP contribution in [0.15, 0.2) is 53.7 Å². The van der Waals surface area contributed by atoms with E-state index in [1.165, 1.54) is 23.4 Å². The van der Waals surface area contributed by atoms with Gasteiger partial charge in [0.2, 0.25) is 5.91 Å². The molecular formula is C23H23FN4OS. The van der Waals surface area contributed by atoms with Crippen LogP contribution in [-0.4, -0.2) is 32.5 Å². The summed E-state index contributed by atoms with van der Waals surface area (Å²) in [6, 6.07) is 15.0. The fourth-order valence-electron chi connectivity index (χ4n) is 4.04. The molecule has 5 nitrogen and oxygen atoms in total. The van der Waals surface area contributed by atoms with Crippen LogP contribution in [0.5, 0.6) is 0 Å². The summed E-state index contributed by atoms with van der Waals surface area (Å²) in [5.74, 6) is 0.309. The molecule has 1 aromatic heterocycles. The number of thioether (sulfide) groups is 1. The van der Waals surface area contributed by atoms with E-state index in [-0.39, 0.29) is 23.0 Å². The molecule has 1 amide bonds. The highest BCUT2D eigenvalue weighted by atomic mass is 32.2. The Morgan fingerprint density at radius 1 is 1.13 bits per heavy atom. The van der Waals surface area contributed by atoms with Crippen LogP contribution in [0, 0.1) is 5.82 Å². The minimum Gasteiger partial charge on any atom is -0.311 e. The first-order valence-corrected chi connectivity index (χ1v) is 11.3. The highest BCUT2D eigenvalue weighted by Gasteiger charge is 2.33. The van der Waals surface area contributed by atoms with Crippen molar-refractivity contribution in [3.63, 3.8) is 0 Å². The van der Waals surface area contributed by atoms with E-state index in [9.17, 15) is 9.18 Å². The smallest absolute Gasteiger partial charge is 0.240 e. The monoisotopic (exact) mass is 422 g/mol. The van der Waals surface area contributed by atoms with Gasteiger partial charge >= 0.3 is 0 Å². The molecule has 0 N–H and O–H groups in total. The van der Waals surface area contributed by atoms with Gasteiger partial charge in [0.15, 0.2) is 11.0 Å². The molecule has 30 heavy (non-hydrogen) atoms. The summed E-state index contributed by atoms with van der Waals surface area (Å²) in [4.78, 5) is 15.2. The first kappa shape index (κ1) is 19.3. The molecule has 0 saturated heterocycles. The van der Waals surface area contributed by atoms with Crippen molar-refractivity contribution >= 4 is 23.4 Å². The molecule has 1 saturated carbocycles. The molecule has 154 valence electrons. The lowest BCUT2D eigenvalue weighted by Crippen LogP contribution is -2.40. The normalized spacial score (nSPS) is 16.9. The first-order chi connectivity index (χ1) is 14.6. The summed E-state index contributed by atoms with van der Waals surface area (Å²) in [7, 11) is 0. The lowest BCUT2D eigenvalue weighted by molar-refractivity contribution is -0.117. The van der Waals surface area contributed by atoms with Gasteiger partial charge in [-0.1, -0.05) is 42.1 Å². The minimum atomic E-state index is -0.314. The van der Waals surface area contributed by atoms with Gasteiger partial charge in [-0.3, -0.25) is 9.36 Å². The van der Waals surface area contributed by atoms with Crippen molar-refractivity contribution in [1.29, 1.82) is 0 Å². The maximum absolute atomic E-state index is 14.4. The Balaban J connectivity index is 1.41. The van der Waals surface area contributed by atoms with E-state index >= 15 is 0 Å². The Labute approximate surface area is 179 Å². The number of aromatic nitrogens is 3. The molecule has 1 atom stereocenters. The average Bonchev–Trinajstić information content (AvgIpc) is 3.53. The van der Waals surface area contributed by atoms with Gasteiger partial charge < -0.3 is 4.90 Å². The number of anilines is 1. The number of halogens is 1. The van der Waals surface area contributed by atoms with Gasteiger partial charge in [-0.25, -0.2) is 4.39 Å². The number of para-hydroxylation sites is 1. The van der Waals surface area contributed by atoms with Crippen LogP contribution in [0.4, 0.5) is 10.1 Å². The van der Waals surface area contributed by atoms with Gasteiger partial charge in [0, 0.05) is 18.3 Å². The van der Waals surface area contributed by atoms with Gasteiger partial charge in [0.1, 0.15) is 5.82 Å². The van der Waals surface area contributed by atoms with Crippen LogP contribution in [0.2, 0.25) is 0 Å². The third-order valence-corrected chi connectivity index (χ3v) is 6.74. The average molecular weight is 423 g/mol. The van der Waals surface area contributed by atoms with Gasteiger partial charge in [0.05, 0.1) is 10.8 Å². The molecule has 1 aliphatic heterocycles. The lowest BCUT2D eigenvalue weighted by Gasteiger charge is -2.31. The topological polar surface area (TPSA) is 51.0 Å². The van der Waals surface area contributed by atoms with Crippen molar-refractivity contribution in [2.24, 2.45) is 0 Å². The van der Waals surface area contributed by atoms with E-state index in [0.717, 1.165) is 37.9 Å². The van der Waals surface area contributed by atoms with E-state index < -0.39 is 0 Å². The molecule has 1 fully saturated rings. The second kappa shape index (κ2) is 7.87. The second-order valence-corrected chi connectivity index (χ2v) is 9.18. The molecule has 0 spiro atoms. The van der Waals surface area contributed by atoms with Crippen LogP contribution < -0.4 is 4.90 Å². The third-order valence-electron chi connectivity index (χ3n) is 5.70. The molecule has 0 bridgehead atoms. The van der Waals surface area contributed by atoms with E-state index in [1.54, 1.807) is 18.2 Å². The van der Waals surface area contributed by atoms with Gasteiger partial charge in [-0.15, -0.1) is 10.2 Å². The Kier molecular flexibility index (Phi) is 5.06. The molecule has 5 rings (SSSR count). The summed E-state index contributed by atoms with van der Waals surface area (Å²) < 4.78 is 16.4. The predicted molar refractivity (Wildman–Crippen MR) is 116 cm³/mol. The maximum atomic E-state index is 14.4. The molecule has 3 aromatic rings. The highest BCUT2D eigenvalue weighted by molar-refractivity contribution is 8.00. The van der Waals surface area contributed by atoms with Crippen molar-refractivity contribution in [3.05, 3.63) is 59.9 Å². The number of aryl methyl sites for hydroxylation is 1. The summed E-state index contributed by atoms with van der Waals surface area (Å²) >= 11 is 1.41. The number of amides is 1. The van der Waals surface area contributed by atoms with E-state index in [1.807, 2.05) is 34.6 Å². The van der Waals surface area contributed by atoms with Gasteiger partial charge in [-0.2, -0.15) is 0 Å². The number of hydrogen-bond donors (Lipinski definition) is 0. The summed E-state index contributed by atoms with van der Waals surface area (Å²) in [6.07, 6.45) is 4.02. The SMILES string of the molecule is CC(Sc1nnc(-c2ccccc2F)n1C1CC1)C(=O)N1CCCc2ccccc21. The number of carbonyl (C=O) groups excluding carboxylic acids is 1. The van der Waals surface area contributed by atoms with E-state index in [2.05, 4.69) is 16.3 Å². The van der Waals surface area contributed by atoms with Crippen molar-refractivity contribution in [2.75, 3.05) is 11.4 Å². The quantitative estimate of drug-likeness (QED) is 0.550. The van der Waals surface area contributed by atoms with E-state index in [4.69, 9.17) is 0 Å². The van der Waals surface area contributed by atoms with Crippen LogP contribution in [0.1, 0.15) is 37.8 Å². The van der Waals surface area contributed by atoms with Gasteiger partial charge in [0.25, 0.3) is 0 Å². The predicted octanol–water partition coefficient (Wildman–Crippen LogP) is 4.88. The summed E-state index contributed by atoms with van der Waals surface area (Å²) in [6.45, 7) is 2.65. The van der Waals surface area contributed by atoms with Crippen LogP contribution in [-0.2, 0) is 11.2 Å². The Morgan fingerprint density at radius 2 is 1.90 bits per heavy atom. The summed E-state index contributed by atoms with van der Waals surface area (Å²) in [5, 5.41) is 9.01. The lowest BCUT2D eigenvalue weighted by atomic mass is 10.0. The number of carbonyl (C=O) groups is 1. The van der Waals surface area contributed by atoms with Crippen LogP contribution in [0.3, 0.4) is 0 Å². The molecule has 2 heterocycles. The summed E-state index contributed by atoms with van der Waals surface area (Å²) in [5.41, 5.74) is 2.68. The number of nitrogens with zero attached hydrogens (tertiary/aromatic N) is 4. The zero-order valence-corrected chi connectivity index (χ0v) is 17.6. The number of benzene rings is 2. The number of rotatable bonds is 5. The van der Waals surface area contributed by atoms with Gasteiger partial charge in [-0.05, 0) is 56.4 Å². The molecule has 2 aliphatic rings. The maximum Gasteiger partial charge on any atom is 0.240 e. The standard InChI is InChI=1S/C23H23FN4OS/c1-15(22(29)27-14-6-8-16-7-2-5-11-20(16)27)30-23-26-25-21(28(23)17-12-13-17)18-9-3-4-10-19(18)24/h2-5,7,9-11,15,17H,6,8,12-14H2,1H3. The number of hydrogen-bond acceptors (Lipinski definition) is 4. The van der Waals surface area contributed by atoms with Crippen molar-refractivity contribution in [2.45, 2.75) is 49.1 Å². The molecule has 2 aromatic carbocycles. The van der Waals surface area contributed by atoms with Crippen molar-refractivity contribution in [3.8, 4) is 11.4 Å². The molecule has 7 heteroatoms.